The fourth-order valence-electron chi connectivity index (χ4n) is 1.55. The van der Waals surface area contributed by atoms with Crippen LogP contribution >= 0.6 is 23.4 Å². The van der Waals surface area contributed by atoms with Crippen LogP contribution in [0.5, 0.6) is 0 Å². The van der Waals surface area contributed by atoms with E-state index in [4.69, 9.17) is 21.8 Å². The Morgan fingerprint density at radius 1 is 0.950 bits per heavy atom. The van der Waals surface area contributed by atoms with Crippen molar-refractivity contribution in [1.29, 1.82) is 0 Å². The third-order valence-corrected chi connectivity index (χ3v) is 3.82. The minimum atomic E-state index is -1.10. The predicted molar refractivity (Wildman–Crippen MR) is 75.9 cm³/mol. The average Bonchev–Trinajstić information content (AvgIpc) is 2.41. The number of rotatable bonds is 4. The highest BCUT2D eigenvalue weighted by Gasteiger charge is 2.14. The molecule has 2 rings (SSSR count). The minimum Gasteiger partial charge on any atom is -0.478 e. The zero-order valence-electron chi connectivity index (χ0n) is 10.0. The van der Waals surface area contributed by atoms with Crippen molar-refractivity contribution in [2.24, 2.45) is 0 Å². The monoisotopic (exact) mass is 308 g/mol. The number of carbonyl (C=O) groups is 2. The van der Waals surface area contributed by atoms with Gasteiger partial charge in [-0.3, -0.25) is 0 Å². The molecule has 0 aliphatic carbocycles. The van der Waals surface area contributed by atoms with Crippen molar-refractivity contribution >= 4 is 35.3 Å². The Balaban J connectivity index is 2.41. The van der Waals surface area contributed by atoms with Gasteiger partial charge in [0.25, 0.3) is 0 Å². The highest BCUT2D eigenvalue weighted by atomic mass is 35.5. The second-order valence-corrected chi connectivity index (χ2v) is 5.43. The summed E-state index contributed by atoms with van der Waals surface area (Å²) in [5.41, 5.74) is 0.112. The Morgan fingerprint density at radius 2 is 1.60 bits per heavy atom. The molecule has 6 heteroatoms. The van der Waals surface area contributed by atoms with Crippen molar-refractivity contribution in [2.45, 2.75) is 9.79 Å². The van der Waals surface area contributed by atoms with Crippen LogP contribution in [0, 0.1) is 0 Å². The van der Waals surface area contributed by atoms with Crippen molar-refractivity contribution in [3.63, 3.8) is 0 Å². The molecular formula is C14H9ClO4S. The van der Waals surface area contributed by atoms with Crippen LogP contribution in [0.25, 0.3) is 0 Å². The third kappa shape index (κ3) is 3.31. The molecule has 0 aliphatic rings. The lowest BCUT2D eigenvalue weighted by atomic mass is 10.1. The van der Waals surface area contributed by atoms with Gasteiger partial charge < -0.3 is 10.2 Å². The predicted octanol–water partition coefficient (Wildman–Crippen LogP) is 3.89. The standard InChI is InChI=1S/C14H9ClO4S/c15-9-2-4-10(5-3-9)20-12-7-8(13(16)17)1-6-11(12)14(18)19/h1-7H,(H,16,17)(H,18,19). The topological polar surface area (TPSA) is 74.6 Å². The van der Waals surface area contributed by atoms with E-state index < -0.39 is 11.9 Å². The average molecular weight is 309 g/mol. The molecule has 0 unspecified atom stereocenters. The van der Waals surface area contributed by atoms with Crippen LogP contribution in [-0.2, 0) is 0 Å². The summed E-state index contributed by atoms with van der Waals surface area (Å²) in [5, 5.41) is 18.7. The molecule has 0 fully saturated rings. The largest absolute Gasteiger partial charge is 0.478 e. The van der Waals surface area contributed by atoms with Gasteiger partial charge in [0.1, 0.15) is 0 Å². The van der Waals surface area contributed by atoms with E-state index in [-0.39, 0.29) is 11.1 Å². The number of benzene rings is 2. The molecule has 20 heavy (non-hydrogen) atoms. The van der Waals surface area contributed by atoms with E-state index in [1.165, 1.54) is 30.0 Å². The summed E-state index contributed by atoms with van der Waals surface area (Å²) in [4.78, 5) is 23.3. The zero-order chi connectivity index (χ0) is 14.7. The molecule has 0 aliphatic heterocycles. The normalized spacial score (nSPS) is 10.2. The number of hydrogen-bond acceptors (Lipinski definition) is 3. The van der Waals surface area contributed by atoms with E-state index in [0.717, 1.165) is 4.90 Å². The maximum atomic E-state index is 11.2. The molecule has 2 aromatic rings. The first-order valence-corrected chi connectivity index (χ1v) is 6.71. The molecule has 0 bridgehead atoms. The van der Waals surface area contributed by atoms with Gasteiger partial charge in [-0.25, -0.2) is 9.59 Å². The summed E-state index contributed by atoms with van der Waals surface area (Å²) in [7, 11) is 0. The molecule has 0 saturated heterocycles. The van der Waals surface area contributed by atoms with Crippen LogP contribution in [0.1, 0.15) is 20.7 Å². The Morgan fingerprint density at radius 3 is 2.15 bits per heavy atom. The highest BCUT2D eigenvalue weighted by molar-refractivity contribution is 7.99. The molecule has 0 spiro atoms. The summed E-state index contributed by atoms with van der Waals surface area (Å²) in [6.07, 6.45) is 0. The van der Waals surface area contributed by atoms with Crippen LogP contribution in [-0.4, -0.2) is 22.2 Å². The van der Waals surface area contributed by atoms with Crippen LogP contribution < -0.4 is 0 Å². The number of carboxylic acids is 2. The second kappa shape index (κ2) is 5.98. The SMILES string of the molecule is O=C(O)c1ccc(C(=O)O)c(Sc2ccc(Cl)cc2)c1. The van der Waals surface area contributed by atoms with Gasteiger partial charge in [0.15, 0.2) is 0 Å². The molecule has 0 aromatic heterocycles. The third-order valence-electron chi connectivity index (χ3n) is 2.50. The van der Waals surface area contributed by atoms with Crippen LogP contribution in [0.2, 0.25) is 5.02 Å². The van der Waals surface area contributed by atoms with Crippen molar-refractivity contribution < 1.29 is 19.8 Å². The maximum absolute atomic E-state index is 11.2. The summed E-state index contributed by atoms with van der Waals surface area (Å²) < 4.78 is 0. The van der Waals surface area contributed by atoms with Gasteiger partial charge in [-0.05, 0) is 42.5 Å². The molecular weight excluding hydrogens is 300 g/mol. The Hall–Kier alpha value is -1.98. The second-order valence-electron chi connectivity index (χ2n) is 3.88. The zero-order valence-corrected chi connectivity index (χ0v) is 11.6. The number of hydrogen-bond donors (Lipinski definition) is 2. The summed E-state index contributed by atoms with van der Waals surface area (Å²) in [6.45, 7) is 0. The van der Waals surface area contributed by atoms with Gasteiger partial charge in [0, 0.05) is 14.8 Å². The highest BCUT2D eigenvalue weighted by Crippen LogP contribution is 2.32. The van der Waals surface area contributed by atoms with E-state index in [2.05, 4.69) is 0 Å². The summed E-state index contributed by atoms with van der Waals surface area (Å²) in [6, 6.07) is 10.8. The minimum absolute atomic E-state index is 0.0477. The van der Waals surface area contributed by atoms with Gasteiger partial charge in [-0.15, -0.1) is 0 Å². The molecule has 4 nitrogen and oxygen atoms in total. The lowest BCUT2D eigenvalue weighted by molar-refractivity contribution is 0.0678. The van der Waals surface area contributed by atoms with Gasteiger partial charge in [-0.1, -0.05) is 23.4 Å². The first kappa shape index (κ1) is 14.4. The fourth-order valence-corrected chi connectivity index (χ4v) is 2.65. The van der Waals surface area contributed by atoms with Crippen molar-refractivity contribution in [1.82, 2.24) is 0 Å². The van der Waals surface area contributed by atoms with Gasteiger partial charge in [0.2, 0.25) is 0 Å². The Labute approximate surface area is 124 Å². The molecule has 2 aromatic carbocycles. The fraction of sp³-hybridized carbons (Fsp3) is 0. The molecule has 0 saturated carbocycles. The van der Waals surface area contributed by atoms with Crippen molar-refractivity contribution in [3.05, 3.63) is 58.6 Å². The number of carboxylic acid groups (broad SMARTS) is 2. The summed E-state index contributed by atoms with van der Waals surface area (Å²) >= 11 is 6.96. The van der Waals surface area contributed by atoms with Crippen LogP contribution in [0.3, 0.4) is 0 Å². The van der Waals surface area contributed by atoms with E-state index in [1.54, 1.807) is 24.3 Å². The van der Waals surface area contributed by atoms with Crippen LogP contribution in [0.4, 0.5) is 0 Å². The Bertz CT molecular complexity index is 667. The molecule has 2 N–H and O–H groups in total. The lowest BCUT2D eigenvalue weighted by Gasteiger charge is -2.07. The summed E-state index contributed by atoms with van der Waals surface area (Å²) in [5.74, 6) is -2.20. The van der Waals surface area contributed by atoms with E-state index in [9.17, 15) is 9.59 Å². The quantitative estimate of drug-likeness (QED) is 0.896. The smallest absolute Gasteiger partial charge is 0.336 e. The van der Waals surface area contributed by atoms with Crippen molar-refractivity contribution in [2.75, 3.05) is 0 Å². The Kier molecular flexibility index (Phi) is 4.32. The van der Waals surface area contributed by atoms with Crippen molar-refractivity contribution in [3.8, 4) is 0 Å². The molecule has 0 amide bonds. The molecule has 0 heterocycles. The van der Waals surface area contributed by atoms with Crippen LogP contribution in [0.15, 0.2) is 52.3 Å². The number of halogens is 1. The van der Waals surface area contributed by atoms with Gasteiger partial charge in [0.05, 0.1) is 11.1 Å². The lowest BCUT2D eigenvalue weighted by Crippen LogP contribution is -2.02. The first-order chi connectivity index (χ1) is 9.47. The molecule has 102 valence electrons. The van der Waals surface area contributed by atoms with Gasteiger partial charge >= 0.3 is 11.9 Å². The first-order valence-electron chi connectivity index (χ1n) is 5.51. The number of aromatic carboxylic acids is 2. The van der Waals surface area contributed by atoms with E-state index in [1.807, 2.05) is 0 Å². The van der Waals surface area contributed by atoms with E-state index in [0.29, 0.717) is 9.92 Å². The van der Waals surface area contributed by atoms with Gasteiger partial charge in [-0.2, -0.15) is 0 Å². The maximum Gasteiger partial charge on any atom is 0.336 e. The molecule has 0 atom stereocenters. The molecule has 0 radical (unpaired) electrons. The van der Waals surface area contributed by atoms with E-state index >= 15 is 0 Å².